The van der Waals surface area contributed by atoms with Gasteiger partial charge in [-0.1, -0.05) is 11.6 Å². The number of morpholine rings is 1. The van der Waals surface area contributed by atoms with Gasteiger partial charge in [0.1, 0.15) is 40.1 Å². The SMILES string of the molecule is Nc1ncnc2c(-c3ccc(F)c(Cl)c3F)cc(N3C[C@@H]4C[C@H]3C[OH+]4)nc12. The van der Waals surface area contributed by atoms with E-state index >= 15 is 0 Å². The molecule has 9 heteroatoms. The molecule has 2 fully saturated rings. The number of hydrogen-bond donors (Lipinski definition) is 1. The first-order valence-corrected chi connectivity index (χ1v) is 8.89. The highest BCUT2D eigenvalue weighted by atomic mass is 35.5. The van der Waals surface area contributed by atoms with Gasteiger partial charge in [0.05, 0.1) is 6.54 Å². The monoisotopic (exact) mass is 390 g/mol. The molecule has 2 atom stereocenters. The maximum absolute atomic E-state index is 14.7. The average Bonchev–Trinajstić information content (AvgIpc) is 3.30. The molecular formula is C18H15ClF2N5O+. The fraction of sp³-hybridized carbons (Fsp3) is 0.278. The second kappa shape index (κ2) is 5.97. The van der Waals surface area contributed by atoms with E-state index in [1.165, 1.54) is 12.4 Å². The summed E-state index contributed by atoms with van der Waals surface area (Å²) < 4.78 is 32.9. The van der Waals surface area contributed by atoms with Crippen LogP contribution in [0.1, 0.15) is 6.42 Å². The third kappa shape index (κ3) is 2.51. The van der Waals surface area contributed by atoms with Crippen LogP contribution >= 0.6 is 11.6 Å². The van der Waals surface area contributed by atoms with Gasteiger partial charge in [-0.2, -0.15) is 0 Å². The number of aromatic nitrogens is 3. The lowest BCUT2D eigenvalue weighted by Crippen LogP contribution is -2.39. The van der Waals surface area contributed by atoms with E-state index in [4.69, 9.17) is 17.3 Å². The highest BCUT2D eigenvalue weighted by Crippen LogP contribution is 2.38. The number of rotatable bonds is 2. The van der Waals surface area contributed by atoms with Crippen LogP contribution in [0.3, 0.4) is 0 Å². The average molecular weight is 391 g/mol. The van der Waals surface area contributed by atoms with Gasteiger partial charge in [0.15, 0.2) is 24.3 Å². The fourth-order valence-electron chi connectivity index (χ4n) is 3.88. The summed E-state index contributed by atoms with van der Waals surface area (Å²) in [7, 11) is 0. The van der Waals surface area contributed by atoms with Crippen LogP contribution in [0.2, 0.25) is 5.02 Å². The summed E-state index contributed by atoms with van der Waals surface area (Å²) in [5, 5.41) is -0.555. The summed E-state index contributed by atoms with van der Waals surface area (Å²) in [6.07, 6.45) is 2.56. The van der Waals surface area contributed by atoms with Crippen molar-refractivity contribution >= 4 is 34.3 Å². The molecule has 0 radical (unpaired) electrons. The van der Waals surface area contributed by atoms with Crippen LogP contribution in [0.25, 0.3) is 22.2 Å². The normalized spacial score (nSPS) is 21.4. The Balaban J connectivity index is 1.76. The van der Waals surface area contributed by atoms with Crippen LogP contribution in [0.4, 0.5) is 20.4 Å². The van der Waals surface area contributed by atoms with Gasteiger partial charge in [-0.05, 0) is 18.2 Å². The number of aliphatic hydroxyl groups is 2. The lowest BCUT2D eigenvalue weighted by Gasteiger charge is -2.26. The zero-order valence-electron chi connectivity index (χ0n) is 14.0. The summed E-state index contributed by atoms with van der Waals surface area (Å²) in [4.78, 5) is 15.0. The maximum atomic E-state index is 14.7. The quantitative estimate of drug-likeness (QED) is 0.537. The van der Waals surface area contributed by atoms with Crippen molar-refractivity contribution in [2.75, 3.05) is 23.8 Å². The minimum atomic E-state index is -0.842. The zero-order chi connectivity index (χ0) is 18.7. The summed E-state index contributed by atoms with van der Waals surface area (Å²) in [5.74, 6) is -0.804. The minimum absolute atomic E-state index is 0.141. The third-order valence-electron chi connectivity index (χ3n) is 5.19. The summed E-state index contributed by atoms with van der Waals surface area (Å²) in [6.45, 7) is 1.50. The van der Waals surface area contributed by atoms with Gasteiger partial charge in [0.25, 0.3) is 0 Å². The molecule has 0 spiro atoms. The first-order valence-electron chi connectivity index (χ1n) is 8.51. The topological polar surface area (TPSA) is 80.7 Å². The molecule has 3 aromatic rings. The Morgan fingerprint density at radius 3 is 2.78 bits per heavy atom. The third-order valence-corrected chi connectivity index (χ3v) is 5.54. The van der Waals surface area contributed by atoms with Crippen LogP contribution in [-0.2, 0) is 0 Å². The van der Waals surface area contributed by atoms with Gasteiger partial charge in [-0.3, -0.25) is 0 Å². The predicted octanol–water partition coefficient (Wildman–Crippen LogP) is 2.69. The van der Waals surface area contributed by atoms with Crippen LogP contribution < -0.4 is 10.6 Å². The first kappa shape index (κ1) is 16.6. The number of hydrogen-bond acceptors (Lipinski definition) is 5. The van der Waals surface area contributed by atoms with Crippen molar-refractivity contribution in [3.8, 4) is 11.1 Å². The Bertz CT molecular complexity index is 1080. The molecule has 2 bridgehead atoms. The summed E-state index contributed by atoms with van der Waals surface area (Å²) >= 11 is 5.79. The van der Waals surface area contributed by atoms with Crippen molar-refractivity contribution in [1.29, 1.82) is 0 Å². The largest absolute Gasteiger partial charge is 0.429 e. The van der Waals surface area contributed by atoms with Crippen molar-refractivity contribution < 1.29 is 13.5 Å². The Morgan fingerprint density at radius 1 is 1.19 bits per heavy atom. The Labute approximate surface area is 157 Å². The lowest BCUT2D eigenvalue weighted by atomic mass is 10.0. The van der Waals surface area contributed by atoms with Crippen molar-refractivity contribution in [3.05, 3.63) is 41.2 Å². The van der Waals surface area contributed by atoms with Crippen molar-refractivity contribution in [2.45, 2.75) is 18.6 Å². The van der Waals surface area contributed by atoms with Gasteiger partial charge < -0.3 is 15.4 Å². The van der Waals surface area contributed by atoms with Gasteiger partial charge in [-0.25, -0.2) is 23.7 Å². The van der Waals surface area contributed by atoms with E-state index in [-0.39, 0.29) is 23.5 Å². The molecule has 2 aliphatic heterocycles. The first-order chi connectivity index (χ1) is 13.0. The molecule has 0 amide bonds. The van der Waals surface area contributed by atoms with Crippen molar-refractivity contribution in [3.63, 3.8) is 0 Å². The molecule has 27 heavy (non-hydrogen) atoms. The summed E-state index contributed by atoms with van der Waals surface area (Å²) in [5.41, 5.74) is 7.37. The Morgan fingerprint density at radius 2 is 2.04 bits per heavy atom. The zero-order valence-corrected chi connectivity index (χ0v) is 14.8. The standard InChI is InChI=1S/C18H14ClF2N5O/c19-14-12(20)2-1-10(15(14)21)11-4-13(26-5-9-3-8(26)6-27-9)25-17-16(11)23-7-24-18(17)22/h1-2,4,7-9H,3,5-6H2,(H2,22,23,24)/p+1/t8-,9-/m0/s1. The summed E-state index contributed by atoms with van der Waals surface area (Å²) in [6, 6.07) is 4.50. The van der Waals surface area contributed by atoms with Crippen LogP contribution in [0.5, 0.6) is 0 Å². The van der Waals surface area contributed by atoms with Crippen LogP contribution in [0, 0.1) is 11.6 Å². The molecule has 2 saturated heterocycles. The number of nitrogen functional groups attached to an aromatic ring is 1. The fourth-order valence-corrected chi connectivity index (χ4v) is 4.04. The second-order valence-corrected chi connectivity index (χ2v) is 7.15. The molecule has 3 N–H and O–H groups in total. The molecule has 4 heterocycles. The van der Waals surface area contributed by atoms with E-state index in [1.54, 1.807) is 6.07 Å². The highest BCUT2D eigenvalue weighted by molar-refractivity contribution is 6.31. The van der Waals surface area contributed by atoms with Crippen LogP contribution in [-0.4, -0.2) is 45.0 Å². The predicted molar refractivity (Wildman–Crippen MR) is 98.7 cm³/mol. The van der Waals surface area contributed by atoms with E-state index in [2.05, 4.69) is 24.6 Å². The smallest absolute Gasteiger partial charge is 0.175 e. The number of anilines is 2. The second-order valence-electron chi connectivity index (χ2n) is 6.77. The van der Waals surface area contributed by atoms with Crippen molar-refractivity contribution in [1.82, 2.24) is 15.0 Å². The number of nitrogens with zero attached hydrogens (tertiary/aromatic N) is 4. The molecule has 5 rings (SSSR count). The molecule has 138 valence electrons. The Hall–Kier alpha value is -2.58. The Kier molecular flexibility index (Phi) is 3.66. The molecule has 2 aliphatic rings. The lowest BCUT2D eigenvalue weighted by molar-refractivity contribution is -0.0664. The number of nitrogens with two attached hydrogens (primary N) is 1. The highest BCUT2D eigenvalue weighted by Gasteiger charge is 2.44. The molecule has 2 aromatic heterocycles. The van der Waals surface area contributed by atoms with E-state index in [9.17, 15) is 8.78 Å². The molecule has 0 unspecified atom stereocenters. The van der Waals surface area contributed by atoms with E-state index in [0.717, 1.165) is 25.6 Å². The maximum Gasteiger partial charge on any atom is 0.175 e. The molecule has 0 aliphatic carbocycles. The van der Waals surface area contributed by atoms with E-state index < -0.39 is 16.7 Å². The minimum Gasteiger partial charge on any atom is -0.429 e. The molecule has 1 aromatic carbocycles. The van der Waals surface area contributed by atoms with Gasteiger partial charge in [0, 0.05) is 17.5 Å². The van der Waals surface area contributed by atoms with Gasteiger partial charge in [-0.15, -0.1) is 0 Å². The van der Waals surface area contributed by atoms with Crippen LogP contribution in [0.15, 0.2) is 24.5 Å². The van der Waals surface area contributed by atoms with Gasteiger partial charge >= 0.3 is 0 Å². The number of ether oxygens (including phenoxy) is 1. The number of pyridine rings is 1. The molecular weight excluding hydrogens is 376 g/mol. The number of halogens is 3. The number of benzene rings is 1. The van der Waals surface area contributed by atoms with E-state index in [0.29, 0.717) is 22.4 Å². The number of fused-ring (bicyclic) bond motifs is 3. The molecule has 0 saturated carbocycles. The van der Waals surface area contributed by atoms with Crippen molar-refractivity contribution in [2.24, 2.45) is 0 Å². The molecule has 6 nitrogen and oxygen atoms in total. The van der Waals surface area contributed by atoms with Gasteiger partial charge in [0.2, 0.25) is 0 Å². The van der Waals surface area contributed by atoms with E-state index in [1.807, 2.05) is 0 Å².